The third-order valence-corrected chi connectivity index (χ3v) is 4.35. The van der Waals surface area contributed by atoms with Crippen LogP contribution in [0.4, 0.5) is 10.9 Å². The second-order valence-corrected chi connectivity index (χ2v) is 6.16. The van der Waals surface area contributed by atoms with E-state index in [1.807, 2.05) is 19.1 Å². The third kappa shape index (κ3) is 2.96. The zero-order valence-corrected chi connectivity index (χ0v) is 13.4. The number of aryl methyl sites for hydroxylation is 1. The zero-order chi connectivity index (χ0) is 15.6. The summed E-state index contributed by atoms with van der Waals surface area (Å²) in [6.07, 6.45) is 2.95. The third-order valence-electron chi connectivity index (χ3n) is 2.80. The van der Waals surface area contributed by atoms with Gasteiger partial charge in [0, 0.05) is 11.5 Å². The molecule has 4 rings (SSSR count). The molecule has 0 aliphatic carbocycles. The summed E-state index contributed by atoms with van der Waals surface area (Å²) in [5, 5.41) is 11.8. The van der Waals surface area contributed by atoms with Gasteiger partial charge in [0.15, 0.2) is 11.0 Å². The van der Waals surface area contributed by atoms with Crippen LogP contribution in [0, 0.1) is 6.92 Å². The van der Waals surface area contributed by atoms with Gasteiger partial charge in [0.2, 0.25) is 5.13 Å². The van der Waals surface area contributed by atoms with Gasteiger partial charge in [0.05, 0.1) is 5.52 Å². The molecule has 0 aliphatic rings. The molecule has 0 radical (unpaired) electrons. The van der Waals surface area contributed by atoms with Crippen molar-refractivity contribution in [3.05, 3.63) is 30.6 Å². The Morgan fingerprint density at radius 3 is 2.87 bits per heavy atom. The van der Waals surface area contributed by atoms with E-state index >= 15 is 0 Å². The Bertz CT molecular complexity index is 950. The van der Waals surface area contributed by atoms with Gasteiger partial charge in [0.1, 0.15) is 29.0 Å². The second-order valence-electron chi connectivity index (χ2n) is 4.40. The van der Waals surface area contributed by atoms with Crippen LogP contribution in [0.5, 0.6) is 0 Å². The van der Waals surface area contributed by atoms with Crippen LogP contribution in [0.15, 0.2) is 35.0 Å². The maximum Gasteiger partial charge on any atom is 0.208 e. The van der Waals surface area contributed by atoms with Gasteiger partial charge in [-0.15, -0.1) is 0 Å². The van der Waals surface area contributed by atoms with E-state index in [1.54, 1.807) is 0 Å². The van der Waals surface area contributed by atoms with Crippen molar-refractivity contribution in [2.75, 3.05) is 5.32 Å². The van der Waals surface area contributed by atoms with Crippen LogP contribution in [-0.4, -0.2) is 39.5 Å². The van der Waals surface area contributed by atoms with Gasteiger partial charge in [-0.05, 0) is 30.8 Å². The summed E-state index contributed by atoms with van der Waals surface area (Å²) in [4.78, 5) is 21.4. The molecule has 23 heavy (non-hydrogen) atoms. The topological polar surface area (TPSA) is 118 Å². The first-order chi connectivity index (χ1) is 11.3. The van der Waals surface area contributed by atoms with Crippen LogP contribution in [0.1, 0.15) is 5.82 Å². The lowest BCUT2D eigenvalue weighted by atomic mass is 10.3. The van der Waals surface area contributed by atoms with E-state index in [1.165, 1.54) is 35.9 Å². The van der Waals surface area contributed by atoms with Crippen molar-refractivity contribution >= 4 is 45.3 Å². The number of pyridine rings is 1. The van der Waals surface area contributed by atoms with Crippen LogP contribution in [0.3, 0.4) is 0 Å². The second kappa shape index (κ2) is 5.85. The Labute approximate surface area is 138 Å². The number of nitrogens with zero attached hydrogens (tertiary/aromatic N) is 7. The molecule has 0 atom stereocenters. The fraction of sp³-hybridized carbons (Fsp3) is 0.0833. The van der Waals surface area contributed by atoms with Crippen molar-refractivity contribution in [1.82, 2.24) is 39.5 Å². The van der Waals surface area contributed by atoms with Gasteiger partial charge in [-0.1, -0.05) is 0 Å². The summed E-state index contributed by atoms with van der Waals surface area (Å²) in [6.45, 7) is 1.84. The SMILES string of the molecule is Cc1nsc(Nc2ncnc3ccc(Sc4ncn[nH]4)nc23)n1. The van der Waals surface area contributed by atoms with E-state index in [9.17, 15) is 0 Å². The lowest BCUT2D eigenvalue weighted by Gasteiger charge is -2.05. The number of fused-ring (bicyclic) bond motifs is 1. The van der Waals surface area contributed by atoms with Crippen LogP contribution >= 0.6 is 23.3 Å². The molecule has 0 amide bonds. The number of anilines is 2. The van der Waals surface area contributed by atoms with Crippen LogP contribution in [0.25, 0.3) is 11.0 Å². The number of nitrogens with one attached hydrogen (secondary N) is 2. The summed E-state index contributed by atoms with van der Waals surface area (Å²) >= 11 is 2.65. The maximum atomic E-state index is 4.60. The number of aromatic amines is 1. The standard InChI is InChI=1S/C12H9N9S2/c1-6-17-12(23-21-6)19-10-9-7(13-4-14-10)2-3-8(18-9)22-11-15-5-16-20-11/h2-5H,1H3,(H,15,16,20)(H,13,14,17,19,21). The smallest absolute Gasteiger partial charge is 0.208 e. The van der Waals surface area contributed by atoms with Gasteiger partial charge in [-0.25, -0.2) is 24.9 Å². The number of aromatic nitrogens is 8. The number of hydrogen-bond acceptors (Lipinski definition) is 10. The highest BCUT2D eigenvalue weighted by Gasteiger charge is 2.10. The lowest BCUT2D eigenvalue weighted by molar-refractivity contribution is 0.969. The van der Waals surface area contributed by atoms with E-state index in [0.29, 0.717) is 27.4 Å². The largest absolute Gasteiger partial charge is 0.313 e. The highest BCUT2D eigenvalue weighted by Crippen LogP contribution is 2.27. The Morgan fingerprint density at radius 1 is 1.13 bits per heavy atom. The predicted octanol–water partition coefficient (Wildman–Crippen LogP) is 2.20. The molecule has 0 aliphatic heterocycles. The lowest BCUT2D eigenvalue weighted by Crippen LogP contribution is -1.98. The molecule has 0 fully saturated rings. The average molecular weight is 343 g/mol. The van der Waals surface area contributed by atoms with Crippen molar-refractivity contribution < 1.29 is 0 Å². The normalized spacial score (nSPS) is 11.0. The van der Waals surface area contributed by atoms with E-state index in [0.717, 1.165) is 10.5 Å². The molecular formula is C12H9N9S2. The quantitative estimate of drug-likeness (QED) is 0.574. The molecule has 0 saturated heterocycles. The highest BCUT2D eigenvalue weighted by atomic mass is 32.2. The molecule has 4 heterocycles. The molecule has 2 N–H and O–H groups in total. The first kappa shape index (κ1) is 14.0. The molecule has 0 saturated carbocycles. The molecule has 9 nitrogen and oxygen atoms in total. The molecule has 11 heteroatoms. The highest BCUT2D eigenvalue weighted by molar-refractivity contribution is 7.99. The van der Waals surface area contributed by atoms with Crippen LogP contribution in [-0.2, 0) is 0 Å². The fourth-order valence-corrected chi connectivity index (χ4v) is 3.11. The van der Waals surface area contributed by atoms with Crippen LogP contribution in [0.2, 0.25) is 0 Å². The van der Waals surface area contributed by atoms with Crippen molar-refractivity contribution in [3.8, 4) is 0 Å². The van der Waals surface area contributed by atoms with E-state index in [2.05, 4.69) is 44.8 Å². The minimum absolute atomic E-state index is 0.589. The summed E-state index contributed by atoms with van der Waals surface area (Å²) in [6, 6.07) is 3.76. The van der Waals surface area contributed by atoms with Crippen molar-refractivity contribution in [2.45, 2.75) is 17.1 Å². The monoisotopic (exact) mass is 343 g/mol. The van der Waals surface area contributed by atoms with Gasteiger partial charge in [0.25, 0.3) is 0 Å². The number of H-pyrrole nitrogens is 1. The van der Waals surface area contributed by atoms with E-state index in [-0.39, 0.29) is 0 Å². The molecule has 0 aromatic carbocycles. The molecule has 114 valence electrons. The Balaban J connectivity index is 1.71. The Morgan fingerprint density at radius 2 is 2.09 bits per heavy atom. The van der Waals surface area contributed by atoms with Gasteiger partial charge in [-0.2, -0.15) is 9.47 Å². The van der Waals surface area contributed by atoms with Gasteiger partial charge >= 0.3 is 0 Å². The minimum Gasteiger partial charge on any atom is -0.313 e. The van der Waals surface area contributed by atoms with Crippen molar-refractivity contribution in [1.29, 1.82) is 0 Å². The average Bonchev–Trinajstić information content (AvgIpc) is 3.20. The Kier molecular flexibility index (Phi) is 3.55. The first-order valence-corrected chi connectivity index (χ1v) is 8.09. The molecule has 0 bridgehead atoms. The molecule has 4 aromatic rings. The summed E-state index contributed by atoms with van der Waals surface area (Å²) in [5.41, 5.74) is 1.40. The van der Waals surface area contributed by atoms with Crippen LogP contribution < -0.4 is 5.32 Å². The van der Waals surface area contributed by atoms with Gasteiger partial charge in [-0.3, -0.25) is 5.10 Å². The molecular weight excluding hydrogens is 334 g/mol. The summed E-state index contributed by atoms with van der Waals surface area (Å²) < 4.78 is 4.14. The van der Waals surface area contributed by atoms with Gasteiger partial charge < -0.3 is 5.32 Å². The van der Waals surface area contributed by atoms with Crippen molar-refractivity contribution in [3.63, 3.8) is 0 Å². The number of rotatable bonds is 4. The Hall–Kier alpha value is -2.66. The summed E-state index contributed by atoms with van der Waals surface area (Å²) in [5.74, 6) is 1.30. The predicted molar refractivity (Wildman–Crippen MR) is 85.8 cm³/mol. The van der Waals surface area contributed by atoms with E-state index < -0.39 is 0 Å². The molecule has 0 spiro atoms. The van der Waals surface area contributed by atoms with Crippen molar-refractivity contribution in [2.24, 2.45) is 0 Å². The molecule has 0 unspecified atom stereocenters. The number of hydrogen-bond donors (Lipinski definition) is 2. The zero-order valence-electron chi connectivity index (χ0n) is 11.8. The first-order valence-electron chi connectivity index (χ1n) is 6.50. The minimum atomic E-state index is 0.589. The van der Waals surface area contributed by atoms with E-state index in [4.69, 9.17) is 0 Å². The fourth-order valence-electron chi connectivity index (χ4n) is 1.86. The summed E-state index contributed by atoms with van der Waals surface area (Å²) in [7, 11) is 0. The molecule has 4 aromatic heterocycles. The maximum absolute atomic E-state index is 4.60.